The van der Waals surface area contributed by atoms with Crippen molar-refractivity contribution in [1.29, 1.82) is 0 Å². The van der Waals surface area contributed by atoms with Crippen LogP contribution in [-0.4, -0.2) is 18.0 Å². The van der Waals surface area contributed by atoms with Crippen LogP contribution in [0.1, 0.15) is 44.9 Å². The third-order valence-electron chi connectivity index (χ3n) is 4.05. The molecule has 0 amide bonds. The van der Waals surface area contributed by atoms with Gasteiger partial charge in [-0.2, -0.15) is 0 Å². The van der Waals surface area contributed by atoms with Gasteiger partial charge in [0.25, 0.3) is 0 Å². The summed E-state index contributed by atoms with van der Waals surface area (Å²) >= 11 is 5.41. The third-order valence-corrected chi connectivity index (χ3v) is 5.73. The number of halogens is 1. The van der Waals surface area contributed by atoms with Crippen LogP contribution in [0.15, 0.2) is 15.9 Å². The Balaban J connectivity index is 1.89. The molecule has 1 nitrogen and oxygen atoms in total. The van der Waals surface area contributed by atoms with Crippen molar-refractivity contribution >= 4 is 27.3 Å². The number of thiophene rings is 1. The summed E-state index contributed by atoms with van der Waals surface area (Å²) in [7, 11) is 0. The number of hydrogen-bond acceptors (Lipinski definition) is 2. The summed E-state index contributed by atoms with van der Waals surface area (Å²) in [5.41, 5.74) is 0.474. The Morgan fingerprint density at radius 3 is 2.72 bits per heavy atom. The Labute approximate surface area is 124 Å². The second-order valence-corrected chi connectivity index (χ2v) is 8.41. The number of hydrogen-bond donors (Lipinski definition) is 0. The number of nitrogens with zero attached hydrogens (tertiary/aromatic N) is 1. The summed E-state index contributed by atoms with van der Waals surface area (Å²) in [5, 5.41) is 2.19. The molecule has 1 saturated heterocycles. The molecule has 1 aliphatic rings. The molecule has 0 spiro atoms. The van der Waals surface area contributed by atoms with E-state index in [1.807, 2.05) is 11.3 Å². The molecule has 0 bridgehead atoms. The van der Waals surface area contributed by atoms with E-state index >= 15 is 0 Å². The molecule has 1 fully saturated rings. The van der Waals surface area contributed by atoms with Gasteiger partial charge in [-0.1, -0.05) is 20.8 Å². The number of rotatable bonds is 2. The van der Waals surface area contributed by atoms with E-state index in [9.17, 15) is 0 Å². The Hall–Kier alpha value is 0.140. The standard InChI is InChI=1S/C15H24BrNS/c1-15(2,3)12-5-4-7-17(8-6-12)10-14-9-13(16)11-18-14/h9,11-12H,4-8,10H2,1-3H3. The summed E-state index contributed by atoms with van der Waals surface area (Å²) in [6.07, 6.45) is 4.11. The van der Waals surface area contributed by atoms with Gasteiger partial charge in [0.2, 0.25) is 0 Å². The van der Waals surface area contributed by atoms with Gasteiger partial charge in [-0.3, -0.25) is 4.90 Å². The monoisotopic (exact) mass is 329 g/mol. The molecule has 1 aliphatic heterocycles. The molecule has 2 rings (SSSR count). The molecule has 1 atom stereocenters. The van der Waals surface area contributed by atoms with Gasteiger partial charge in [0, 0.05) is 21.3 Å². The minimum atomic E-state index is 0.474. The first-order valence-corrected chi connectivity index (χ1v) is 8.57. The van der Waals surface area contributed by atoms with Crippen LogP contribution >= 0.6 is 27.3 Å². The van der Waals surface area contributed by atoms with Gasteiger partial charge < -0.3 is 0 Å². The van der Waals surface area contributed by atoms with Crippen molar-refractivity contribution in [1.82, 2.24) is 4.90 Å². The first-order valence-electron chi connectivity index (χ1n) is 6.90. The SMILES string of the molecule is CC(C)(C)C1CCCN(Cc2cc(Br)cs2)CC1. The van der Waals surface area contributed by atoms with Gasteiger partial charge >= 0.3 is 0 Å². The zero-order valence-electron chi connectivity index (χ0n) is 11.7. The first-order chi connectivity index (χ1) is 8.45. The second-order valence-electron chi connectivity index (χ2n) is 6.50. The first kappa shape index (κ1) is 14.5. The van der Waals surface area contributed by atoms with E-state index < -0.39 is 0 Å². The normalized spacial score (nSPS) is 23.0. The van der Waals surface area contributed by atoms with Crippen molar-refractivity contribution in [2.24, 2.45) is 11.3 Å². The molecule has 0 aliphatic carbocycles. The van der Waals surface area contributed by atoms with Gasteiger partial charge in [-0.25, -0.2) is 0 Å². The maximum atomic E-state index is 3.54. The fraction of sp³-hybridized carbons (Fsp3) is 0.733. The molecule has 0 N–H and O–H groups in total. The van der Waals surface area contributed by atoms with Crippen molar-refractivity contribution in [2.45, 2.75) is 46.6 Å². The van der Waals surface area contributed by atoms with E-state index in [-0.39, 0.29) is 0 Å². The van der Waals surface area contributed by atoms with E-state index in [1.165, 1.54) is 41.7 Å². The van der Waals surface area contributed by atoms with Gasteiger partial charge in [-0.15, -0.1) is 11.3 Å². The third kappa shape index (κ3) is 4.07. The molecule has 0 aromatic carbocycles. The minimum absolute atomic E-state index is 0.474. The molecule has 1 unspecified atom stereocenters. The topological polar surface area (TPSA) is 3.24 Å². The molecule has 102 valence electrons. The summed E-state index contributed by atoms with van der Waals surface area (Å²) in [4.78, 5) is 4.11. The van der Waals surface area contributed by atoms with Crippen molar-refractivity contribution in [3.63, 3.8) is 0 Å². The van der Waals surface area contributed by atoms with Gasteiger partial charge in [0.05, 0.1) is 0 Å². The molecule has 1 aromatic rings. The largest absolute Gasteiger partial charge is 0.298 e. The van der Waals surface area contributed by atoms with E-state index in [4.69, 9.17) is 0 Å². The van der Waals surface area contributed by atoms with E-state index in [0.29, 0.717) is 5.41 Å². The quantitative estimate of drug-likeness (QED) is 0.724. The predicted molar refractivity (Wildman–Crippen MR) is 84.1 cm³/mol. The van der Waals surface area contributed by atoms with E-state index in [1.54, 1.807) is 0 Å². The molecule has 3 heteroatoms. The zero-order valence-corrected chi connectivity index (χ0v) is 14.1. The van der Waals surface area contributed by atoms with Crippen LogP contribution in [0.25, 0.3) is 0 Å². The molecule has 1 aromatic heterocycles. The highest BCUT2D eigenvalue weighted by Crippen LogP contribution is 2.34. The molecule has 18 heavy (non-hydrogen) atoms. The maximum absolute atomic E-state index is 3.54. The second kappa shape index (κ2) is 6.06. The van der Waals surface area contributed by atoms with Crippen LogP contribution in [0.5, 0.6) is 0 Å². The molecule has 2 heterocycles. The van der Waals surface area contributed by atoms with Crippen LogP contribution in [0.4, 0.5) is 0 Å². The Morgan fingerprint density at radius 2 is 2.11 bits per heavy atom. The molecule has 0 saturated carbocycles. The average molecular weight is 330 g/mol. The maximum Gasteiger partial charge on any atom is 0.0328 e. The Kier molecular flexibility index (Phi) is 4.90. The zero-order chi connectivity index (χ0) is 13.2. The average Bonchev–Trinajstić information content (AvgIpc) is 2.53. The fourth-order valence-corrected chi connectivity index (χ4v) is 4.33. The van der Waals surface area contributed by atoms with Crippen molar-refractivity contribution in [2.75, 3.05) is 13.1 Å². The van der Waals surface area contributed by atoms with Crippen LogP contribution in [0.2, 0.25) is 0 Å². The predicted octanol–water partition coefficient (Wildman–Crippen LogP) is 5.16. The minimum Gasteiger partial charge on any atom is -0.298 e. The van der Waals surface area contributed by atoms with Crippen molar-refractivity contribution in [3.8, 4) is 0 Å². The molecule has 0 radical (unpaired) electrons. The summed E-state index contributed by atoms with van der Waals surface area (Å²) in [6.45, 7) is 10.8. The highest BCUT2D eigenvalue weighted by atomic mass is 79.9. The van der Waals surface area contributed by atoms with Crippen LogP contribution in [0, 0.1) is 11.3 Å². The summed E-state index contributed by atoms with van der Waals surface area (Å²) in [5.74, 6) is 0.887. The van der Waals surface area contributed by atoms with Crippen LogP contribution in [0.3, 0.4) is 0 Å². The smallest absolute Gasteiger partial charge is 0.0328 e. The van der Waals surface area contributed by atoms with Crippen LogP contribution < -0.4 is 0 Å². The van der Waals surface area contributed by atoms with Crippen LogP contribution in [-0.2, 0) is 6.54 Å². The number of likely N-dealkylation sites (tertiary alicyclic amines) is 1. The summed E-state index contributed by atoms with van der Waals surface area (Å²) in [6, 6.07) is 2.26. The van der Waals surface area contributed by atoms with E-state index in [0.717, 1.165) is 12.5 Å². The van der Waals surface area contributed by atoms with Gasteiger partial charge in [0.15, 0.2) is 0 Å². The fourth-order valence-electron chi connectivity index (χ4n) is 2.84. The van der Waals surface area contributed by atoms with Crippen molar-refractivity contribution < 1.29 is 0 Å². The van der Waals surface area contributed by atoms with E-state index in [2.05, 4.69) is 53.0 Å². The lowest BCUT2D eigenvalue weighted by Crippen LogP contribution is -2.25. The van der Waals surface area contributed by atoms with Crippen molar-refractivity contribution in [3.05, 3.63) is 20.8 Å². The van der Waals surface area contributed by atoms with Gasteiger partial charge in [0.1, 0.15) is 0 Å². The Morgan fingerprint density at radius 1 is 1.33 bits per heavy atom. The highest BCUT2D eigenvalue weighted by molar-refractivity contribution is 9.10. The van der Waals surface area contributed by atoms with Gasteiger partial charge in [-0.05, 0) is 65.7 Å². The highest BCUT2D eigenvalue weighted by Gasteiger charge is 2.27. The lowest BCUT2D eigenvalue weighted by atomic mass is 9.77. The Bertz CT molecular complexity index is 380. The lowest BCUT2D eigenvalue weighted by molar-refractivity contribution is 0.207. The molecular formula is C15H24BrNS. The molecular weight excluding hydrogens is 306 g/mol. The summed E-state index contributed by atoms with van der Waals surface area (Å²) < 4.78 is 1.23. The lowest BCUT2D eigenvalue weighted by Gasteiger charge is -2.29.